The summed E-state index contributed by atoms with van der Waals surface area (Å²) in [5, 5.41) is 3.13. The Hall–Kier alpha value is -0.850. The Kier molecular flexibility index (Phi) is 6.23. The van der Waals surface area contributed by atoms with Crippen LogP contribution in [0.3, 0.4) is 0 Å². The lowest BCUT2D eigenvalue weighted by molar-refractivity contribution is 0.379. The van der Waals surface area contributed by atoms with Gasteiger partial charge in [0, 0.05) is 19.2 Å². The molecule has 0 radical (unpaired) electrons. The number of hydrogen-bond acceptors (Lipinski definition) is 4. The maximum absolute atomic E-state index is 12.7. The van der Waals surface area contributed by atoms with Gasteiger partial charge in [0.2, 0.25) is 10.0 Å². The van der Waals surface area contributed by atoms with Crippen molar-refractivity contribution in [2.45, 2.75) is 46.1 Å². The molecule has 20 heavy (non-hydrogen) atoms. The maximum Gasteiger partial charge on any atom is 0.246 e. The van der Waals surface area contributed by atoms with E-state index in [1.54, 1.807) is 13.0 Å². The van der Waals surface area contributed by atoms with Gasteiger partial charge in [-0.3, -0.25) is 0 Å². The highest BCUT2D eigenvalue weighted by Crippen LogP contribution is 2.24. The minimum atomic E-state index is -3.47. The van der Waals surface area contributed by atoms with Crippen molar-refractivity contribution >= 4 is 10.0 Å². The third kappa shape index (κ3) is 4.07. The number of furan rings is 1. The molecule has 1 N–H and O–H groups in total. The van der Waals surface area contributed by atoms with Crippen molar-refractivity contribution in [2.75, 3.05) is 19.6 Å². The average Bonchev–Trinajstić information content (AvgIpc) is 2.75. The molecule has 1 aromatic rings. The molecule has 0 atom stereocenters. The summed E-state index contributed by atoms with van der Waals surface area (Å²) in [6.45, 7) is 11.9. The number of sulfonamides is 1. The van der Waals surface area contributed by atoms with Crippen molar-refractivity contribution in [1.82, 2.24) is 9.62 Å². The molecular formula is C14H26N2O3S. The van der Waals surface area contributed by atoms with E-state index in [1.807, 2.05) is 27.7 Å². The molecule has 0 fully saturated rings. The average molecular weight is 302 g/mol. The molecule has 0 aromatic carbocycles. The Balaban J connectivity index is 3.04. The van der Waals surface area contributed by atoms with Gasteiger partial charge in [-0.25, -0.2) is 8.42 Å². The topological polar surface area (TPSA) is 62.6 Å². The molecule has 0 unspecified atom stereocenters. The summed E-state index contributed by atoms with van der Waals surface area (Å²) in [7, 11) is -3.47. The molecule has 0 bridgehead atoms. The monoisotopic (exact) mass is 302 g/mol. The first kappa shape index (κ1) is 17.2. The second-order valence-electron chi connectivity index (χ2n) is 5.26. The van der Waals surface area contributed by atoms with Gasteiger partial charge in [0.15, 0.2) is 0 Å². The summed E-state index contributed by atoms with van der Waals surface area (Å²) in [5.74, 6) is 1.40. The Labute approximate surface area is 122 Å². The van der Waals surface area contributed by atoms with E-state index < -0.39 is 10.0 Å². The molecular weight excluding hydrogens is 276 g/mol. The Morgan fingerprint density at radius 3 is 2.50 bits per heavy atom. The zero-order valence-corrected chi connectivity index (χ0v) is 13.9. The molecule has 6 heteroatoms. The largest absolute Gasteiger partial charge is 0.464 e. The van der Waals surface area contributed by atoms with Crippen LogP contribution in [0.4, 0.5) is 0 Å². The van der Waals surface area contributed by atoms with E-state index in [9.17, 15) is 8.42 Å². The van der Waals surface area contributed by atoms with Crippen molar-refractivity contribution in [3.63, 3.8) is 0 Å². The van der Waals surface area contributed by atoms with Crippen LogP contribution in [0.15, 0.2) is 15.4 Å². The normalized spacial score (nSPS) is 12.6. The molecule has 0 amide bonds. The Bertz CT molecular complexity index is 521. The van der Waals surface area contributed by atoms with Crippen molar-refractivity contribution < 1.29 is 12.8 Å². The third-order valence-electron chi connectivity index (χ3n) is 3.01. The zero-order valence-electron chi connectivity index (χ0n) is 13.1. The highest BCUT2D eigenvalue weighted by Gasteiger charge is 2.28. The van der Waals surface area contributed by atoms with Crippen LogP contribution in [-0.4, -0.2) is 32.4 Å². The second kappa shape index (κ2) is 7.24. The maximum atomic E-state index is 12.7. The first-order chi connectivity index (χ1) is 9.32. The van der Waals surface area contributed by atoms with Gasteiger partial charge in [-0.15, -0.1) is 0 Å². The van der Waals surface area contributed by atoms with Gasteiger partial charge >= 0.3 is 0 Å². The van der Waals surface area contributed by atoms with Crippen LogP contribution in [0.5, 0.6) is 0 Å². The highest BCUT2D eigenvalue weighted by atomic mass is 32.2. The lowest BCUT2D eigenvalue weighted by atomic mass is 10.2. The molecule has 1 aromatic heterocycles. The van der Waals surface area contributed by atoms with Crippen LogP contribution in [0, 0.1) is 12.8 Å². The molecule has 0 aliphatic heterocycles. The Morgan fingerprint density at radius 2 is 2.00 bits per heavy atom. The van der Waals surface area contributed by atoms with Crippen molar-refractivity contribution in [2.24, 2.45) is 5.92 Å². The molecule has 1 heterocycles. The second-order valence-corrected chi connectivity index (χ2v) is 7.17. The molecule has 0 aliphatic carbocycles. The van der Waals surface area contributed by atoms with Gasteiger partial charge in [0.25, 0.3) is 0 Å². The Morgan fingerprint density at radius 1 is 1.35 bits per heavy atom. The lowest BCUT2D eigenvalue weighted by Crippen LogP contribution is -2.34. The quantitative estimate of drug-likeness (QED) is 0.801. The van der Waals surface area contributed by atoms with E-state index in [4.69, 9.17) is 4.42 Å². The van der Waals surface area contributed by atoms with Crippen LogP contribution >= 0.6 is 0 Å². The fourth-order valence-corrected chi connectivity index (χ4v) is 3.86. The first-order valence-corrected chi connectivity index (χ1v) is 8.57. The van der Waals surface area contributed by atoms with Crippen LogP contribution in [0.2, 0.25) is 0 Å². The van der Waals surface area contributed by atoms with E-state index in [0.29, 0.717) is 31.2 Å². The molecule has 0 saturated heterocycles. The fourth-order valence-electron chi connectivity index (χ4n) is 2.06. The highest BCUT2D eigenvalue weighted by molar-refractivity contribution is 7.89. The van der Waals surface area contributed by atoms with Crippen molar-refractivity contribution in [3.05, 3.63) is 17.6 Å². The molecule has 1 rings (SSSR count). The number of nitrogens with zero attached hydrogens (tertiary/aromatic N) is 1. The third-order valence-corrected chi connectivity index (χ3v) is 5.06. The van der Waals surface area contributed by atoms with E-state index in [-0.39, 0.29) is 10.8 Å². The summed E-state index contributed by atoms with van der Waals surface area (Å²) in [4.78, 5) is 0.285. The smallest absolute Gasteiger partial charge is 0.246 e. The van der Waals surface area contributed by atoms with Gasteiger partial charge in [-0.2, -0.15) is 4.31 Å². The summed E-state index contributed by atoms with van der Waals surface area (Å²) in [6.07, 6.45) is 0. The minimum Gasteiger partial charge on any atom is -0.464 e. The molecule has 0 aliphatic rings. The van der Waals surface area contributed by atoms with E-state index >= 15 is 0 Å². The van der Waals surface area contributed by atoms with Gasteiger partial charge in [0.05, 0.1) is 6.54 Å². The molecule has 5 nitrogen and oxygen atoms in total. The number of rotatable bonds is 8. The lowest BCUT2D eigenvalue weighted by Gasteiger charge is -2.21. The summed E-state index contributed by atoms with van der Waals surface area (Å²) >= 11 is 0. The summed E-state index contributed by atoms with van der Waals surface area (Å²) < 4.78 is 32.3. The van der Waals surface area contributed by atoms with Gasteiger partial charge in [-0.05, 0) is 19.4 Å². The summed E-state index contributed by atoms with van der Waals surface area (Å²) in [6, 6.07) is 1.64. The van der Waals surface area contributed by atoms with Crippen molar-refractivity contribution in [1.29, 1.82) is 0 Å². The van der Waals surface area contributed by atoms with E-state index in [2.05, 4.69) is 5.32 Å². The van der Waals surface area contributed by atoms with Gasteiger partial charge < -0.3 is 9.73 Å². The number of nitrogens with one attached hydrogen (secondary N) is 1. The molecule has 116 valence electrons. The van der Waals surface area contributed by atoms with Gasteiger partial charge in [0.1, 0.15) is 16.4 Å². The fraction of sp³-hybridized carbons (Fsp3) is 0.714. The van der Waals surface area contributed by atoms with Gasteiger partial charge in [-0.1, -0.05) is 27.7 Å². The first-order valence-electron chi connectivity index (χ1n) is 7.13. The molecule has 0 spiro atoms. The SMILES string of the molecule is CCNCc1cc(S(=O)(=O)N(CC)CC(C)C)c(C)o1. The van der Waals surface area contributed by atoms with E-state index in [1.165, 1.54) is 4.31 Å². The van der Waals surface area contributed by atoms with Crippen LogP contribution in [-0.2, 0) is 16.6 Å². The summed E-state index contributed by atoms with van der Waals surface area (Å²) in [5.41, 5.74) is 0. The van der Waals surface area contributed by atoms with Crippen LogP contribution in [0.1, 0.15) is 39.2 Å². The zero-order chi connectivity index (χ0) is 15.3. The van der Waals surface area contributed by atoms with Crippen LogP contribution < -0.4 is 5.32 Å². The predicted octanol–water partition coefficient (Wildman–Crippen LogP) is 2.36. The number of hydrogen-bond donors (Lipinski definition) is 1. The van der Waals surface area contributed by atoms with Crippen LogP contribution in [0.25, 0.3) is 0 Å². The number of aryl methyl sites for hydroxylation is 1. The van der Waals surface area contributed by atoms with Crippen molar-refractivity contribution in [3.8, 4) is 0 Å². The van der Waals surface area contributed by atoms with E-state index in [0.717, 1.165) is 6.54 Å². The molecule has 0 saturated carbocycles. The standard InChI is InChI=1S/C14H26N2O3S/c1-6-15-9-13-8-14(12(5)19-13)20(17,18)16(7-2)10-11(3)4/h8,11,15H,6-7,9-10H2,1-5H3. The minimum absolute atomic E-state index is 0.285. The predicted molar refractivity (Wildman–Crippen MR) is 80.1 cm³/mol.